The first kappa shape index (κ1) is 19.7. The molecule has 0 spiro atoms. The van der Waals surface area contributed by atoms with Gasteiger partial charge in [0.25, 0.3) is 0 Å². The van der Waals surface area contributed by atoms with Crippen molar-refractivity contribution >= 4 is 17.6 Å². The number of allylic oxidation sites excluding steroid dienone is 1. The van der Waals surface area contributed by atoms with Gasteiger partial charge < -0.3 is 14.2 Å². The maximum absolute atomic E-state index is 12.4. The predicted octanol–water partition coefficient (Wildman–Crippen LogP) is 4.99. The van der Waals surface area contributed by atoms with Crippen molar-refractivity contribution in [3.63, 3.8) is 0 Å². The molecule has 0 bridgehead atoms. The fourth-order valence-corrected chi connectivity index (χ4v) is 2.79. The number of rotatable bonds is 6. The van der Waals surface area contributed by atoms with E-state index < -0.39 is 5.97 Å². The number of nitrogens with zero attached hydrogens (tertiary/aromatic N) is 1. The minimum atomic E-state index is -0.490. The van der Waals surface area contributed by atoms with Crippen LogP contribution in [0.3, 0.4) is 0 Å². The topological polar surface area (TPSA) is 68.5 Å². The van der Waals surface area contributed by atoms with Crippen molar-refractivity contribution in [3.8, 4) is 23.3 Å². The number of nitriles is 1. The van der Waals surface area contributed by atoms with Crippen molar-refractivity contribution in [2.75, 3.05) is 14.2 Å². The monoisotopic (exact) mass is 385 g/mol. The molecule has 0 radical (unpaired) electrons. The average molecular weight is 385 g/mol. The van der Waals surface area contributed by atoms with Gasteiger partial charge in [0.15, 0.2) is 0 Å². The third kappa shape index (κ3) is 4.82. The SMILES string of the molecule is COc1cccc(C(=O)Oc2cccc(/C=C(/C#N)c3ccccc3OC)c2)c1. The van der Waals surface area contributed by atoms with E-state index in [-0.39, 0.29) is 0 Å². The maximum Gasteiger partial charge on any atom is 0.343 e. The molecule has 0 amide bonds. The molecule has 0 saturated heterocycles. The fraction of sp³-hybridized carbons (Fsp3) is 0.0833. The third-order valence-electron chi connectivity index (χ3n) is 4.20. The Morgan fingerprint density at radius 3 is 2.41 bits per heavy atom. The largest absolute Gasteiger partial charge is 0.497 e. The number of carbonyl (C=O) groups is 1. The zero-order valence-electron chi connectivity index (χ0n) is 16.1. The van der Waals surface area contributed by atoms with Crippen molar-refractivity contribution in [2.45, 2.75) is 0 Å². The van der Waals surface area contributed by atoms with E-state index in [9.17, 15) is 10.1 Å². The fourth-order valence-electron chi connectivity index (χ4n) is 2.79. The lowest BCUT2D eigenvalue weighted by atomic mass is 10.0. The van der Waals surface area contributed by atoms with Crippen LogP contribution in [-0.4, -0.2) is 20.2 Å². The Kier molecular flexibility index (Phi) is 6.29. The molecule has 144 valence electrons. The highest BCUT2D eigenvalue weighted by Gasteiger charge is 2.11. The van der Waals surface area contributed by atoms with Gasteiger partial charge in [0.2, 0.25) is 0 Å². The van der Waals surface area contributed by atoms with Crippen LogP contribution in [0.1, 0.15) is 21.5 Å². The van der Waals surface area contributed by atoms with Gasteiger partial charge in [-0.25, -0.2) is 4.79 Å². The number of benzene rings is 3. The van der Waals surface area contributed by atoms with Crippen LogP contribution >= 0.6 is 0 Å². The second-order valence-electron chi connectivity index (χ2n) is 6.06. The molecule has 5 nitrogen and oxygen atoms in total. The molecule has 0 heterocycles. The summed E-state index contributed by atoms with van der Waals surface area (Å²) in [6.45, 7) is 0. The molecule has 0 aliphatic rings. The van der Waals surface area contributed by atoms with Gasteiger partial charge in [-0.1, -0.05) is 30.3 Å². The van der Waals surface area contributed by atoms with E-state index in [2.05, 4.69) is 6.07 Å². The second-order valence-corrected chi connectivity index (χ2v) is 6.06. The molecule has 0 N–H and O–H groups in total. The molecule has 0 aliphatic heterocycles. The van der Waals surface area contributed by atoms with E-state index in [4.69, 9.17) is 14.2 Å². The van der Waals surface area contributed by atoms with E-state index in [0.29, 0.717) is 33.9 Å². The Labute approximate surface area is 169 Å². The van der Waals surface area contributed by atoms with E-state index in [0.717, 1.165) is 5.56 Å². The van der Waals surface area contributed by atoms with Gasteiger partial charge in [0, 0.05) is 5.56 Å². The Hall–Kier alpha value is -4.04. The van der Waals surface area contributed by atoms with Crippen LogP contribution in [0.25, 0.3) is 11.6 Å². The van der Waals surface area contributed by atoms with Crippen molar-refractivity contribution < 1.29 is 19.0 Å². The van der Waals surface area contributed by atoms with E-state index >= 15 is 0 Å². The molecule has 0 fully saturated rings. The first-order chi connectivity index (χ1) is 14.1. The number of methoxy groups -OCH3 is 2. The van der Waals surface area contributed by atoms with Crippen LogP contribution in [-0.2, 0) is 0 Å². The normalized spacial score (nSPS) is 10.7. The van der Waals surface area contributed by atoms with Crippen LogP contribution in [0, 0.1) is 11.3 Å². The highest BCUT2D eigenvalue weighted by Crippen LogP contribution is 2.28. The molecule has 3 rings (SSSR count). The van der Waals surface area contributed by atoms with Gasteiger partial charge in [0.05, 0.1) is 31.4 Å². The highest BCUT2D eigenvalue weighted by molar-refractivity contribution is 5.93. The van der Waals surface area contributed by atoms with Crippen LogP contribution < -0.4 is 14.2 Å². The Balaban J connectivity index is 1.86. The summed E-state index contributed by atoms with van der Waals surface area (Å²) in [5.74, 6) is 1.08. The molecule has 29 heavy (non-hydrogen) atoms. The second kappa shape index (κ2) is 9.25. The molecule has 0 aromatic heterocycles. The summed E-state index contributed by atoms with van der Waals surface area (Å²) in [6.07, 6.45) is 1.72. The van der Waals surface area contributed by atoms with Gasteiger partial charge in [-0.15, -0.1) is 0 Å². The Bertz CT molecular complexity index is 1100. The summed E-state index contributed by atoms with van der Waals surface area (Å²) < 4.78 is 15.9. The first-order valence-corrected chi connectivity index (χ1v) is 8.86. The zero-order chi connectivity index (χ0) is 20.6. The van der Waals surface area contributed by atoms with Gasteiger partial charge >= 0.3 is 5.97 Å². The van der Waals surface area contributed by atoms with E-state index in [1.54, 1.807) is 61.7 Å². The molecule has 5 heteroatoms. The molecular formula is C24H19NO4. The number of hydrogen-bond acceptors (Lipinski definition) is 5. The molecule has 0 atom stereocenters. The number of esters is 1. The van der Waals surface area contributed by atoms with Gasteiger partial charge in [-0.05, 0) is 54.1 Å². The van der Waals surface area contributed by atoms with Crippen molar-refractivity contribution in [2.24, 2.45) is 0 Å². The number of carbonyl (C=O) groups excluding carboxylic acids is 1. The summed E-state index contributed by atoms with van der Waals surface area (Å²) in [7, 11) is 3.10. The lowest BCUT2D eigenvalue weighted by Crippen LogP contribution is -2.08. The smallest absolute Gasteiger partial charge is 0.343 e. The summed E-state index contributed by atoms with van der Waals surface area (Å²) in [5.41, 5.74) is 2.25. The summed E-state index contributed by atoms with van der Waals surface area (Å²) in [4.78, 5) is 12.4. The standard InChI is InChI=1S/C24H19NO4/c1-27-20-9-6-8-18(15-20)24(26)29-21-10-5-7-17(14-21)13-19(16-25)22-11-3-4-12-23(22)28-2/h3-15H,1-2H3/b19-13-. The lowest BCUT2D eigenvalue weighted by molar-refractivity contribution is 0.0734. The van der Waals surface area contributed by atoms with E-state index in [1.165, 1.54) is 7.11 Å². The van der Waals surface area contributed by atoms with Crippen LogP contribution in [0.4, 0.5) is 0 Å². The van der Waals surface area contributed by atoms with Gasteiger partial charge in [0.1, 0.15) is 17.2 Å². The van der Waals surface area contributed by atoms with Crippen LogP contribution in [0.2, 0.25) is 0 Å². The van der Waals surface area contributed by atoms with E-state index in [1.807, 2.05) is 24.3 Å². The van der Waals surface area contributed by atoms with Gasteiger partial charge in [-0.2, -0.15) is 5.26 Å². The Morgan fingerprint density at radius 1 is 0.897 bits per heavy atom. The van der Waals surface area contributed by atoms with Gasteiger partial charge in [-0.3, -0.25) is 0 Å². The zero-order valence-corrected chi connectivity index (χ0v) is 16.1. The van der Waals surface area contributed by atoms with Crippen molar-refractivity contribution in [1.29, 1.82) is 5.26 Å². The minimum Gasteiger partial charge on any atom is -0.497 e. The quantitative estimate of drug-likeness (QED) is 0.259. The van der Waals surface area contributed by atoms with Crippen LogP contribution in [0.15, 0.2) is 72.8 Å². The number of para-hydroxylation sites is 1. The van der Waals surface area contributed by atoms with Crippen LogP contribution in [0.5, 0.6) is 17.2 Å². The maximum atomic E-state index is 12.4. The lowest BCUT2D eigenvalue weighted by Gasteiger charge is -2.08. The summed E-state index contributed by atoms with van der Waals surface area (Å²) >= 11 is 0. The summed E-state index contributed by atoms with van der Waals surface area (Å²) in [5, 5.41) is 9.60. The molecular weight excluding hydrogens is 366 g/mol. The van der Waals surface area contributed by atoms with Crippen molar-refractivity contribution in [3.05, 3.63) is 89.5 Å². The highest BCUT2D eigenvalue weighted by atomic mass is 16.5. The minimum absolute atomic E-state index is 0.379. The molecule has 3 aromatic rings. The molecule has 0 saturated carbocycles. The number of ether oxygens (including phenoxy) is 3. The first-order valence-electron chi connectivity index (χ1n) is 8.86. The Morgan fingerprint density at radius 2 is 1.66 bits per heavy atom. The predicted molar refractivity (Wildman–Crippen MR) is 111 cm³/mol. The van der Waals surface area contributed by atoms with Crippen molar-refractivity contribution in [1.82, 2.24) is 0 Å². The molecule has 0 unspecified atom stereocenters. The average Bonchev–Trinajstić information content (AvgIpc) is 2.77. The number of hydrogen-bond donors (Lipinski definition) is 0. The third-order valence-corrected chi connectivity index (χ3v) is 4.20. The molecule has 3 aromatic carbocycles. The summed E-state index contributed by atoms with van der Waals surface area (Å²) in [6, 6.07) is 23.2. The molecule has 0 aliphatic carbocycles.